The monoisotopic (exact) mass is 267 g/mol. The van der Waals surface area contributed by atoms with Crippen LogP contribution >= 0.6 is 11.6 Å². The average Bonchev–Trinajstić information content (AvgIpc) is 2.81. The van der Waals surface area contributed by atoms with Crippen LogP contribution in [0.15, 0.2) is 10.9 Å². The van der Waals surface area contributed by atoms with Crippen LogP contribution in [0.2, 0.25) is 5.15 Å². The number of hydrogen-bond acceptors (Lipinski definition) is 7. The molecular formula is C10H10ClN5O2. The first-order valence-electron chi connectivity index (χ1n) is 5.19. The number of aryl methyl sites for hydroxylation is 1. The molecule has 8 heteroatoms. The Morgan fingerprint density at radius 3 is 3.00 bits per heavy atom. The van der Waals surface area contributed by atoms with Gasteiger partial charge in [0.2, 0.25) is 5.89 Å². The third-order valence-corrected chi connectivity index (χ3v) is 2.46. The van der Waals surface area contributed by atoms with Crippen LogP contribution in [0.1, 0.15) is 22.1 Å². The van der Waals surface area contributed by atoms with Gasteiger partial charge in [-0.3, -0.25) is 4.79 Å². The van der Waals surface area contributed by atoms with Crippen molar-refractivity contribution in [2.24, 2.45) is 0 Å². The van der Waals surface area contributed by atoms with Gasteiger partial charge >= 0.3 is 0 Å². The number of carbonyl (C=O) groups is 1. The Balaban J connectivity index is 2.06. The van der Waals surface area contributed by atoms with E-state index in [9.17, 15) is 4.79 Å². The van der Waals surface area contributed by atoms with Gasteiger partial charge in [0.05, 0.1) is 5.56 Å². The second kappa shape index (κ2) is 5.54. The number of halogens is 1. The molecule has 2 aromatic rings. The van der Waals surface area contributed by atoms with Crippen molar-refractivity contribution in [1.82, 2.24) is 20.1 Å². The van der Waals surface area contributed by atoms with E-state index in [1.165, 1.54) is 6.33 Å². The predicted molar refractivity (Wildman–Crippen MR) is 63.7 cm³/mol. The summed E-state index contributed by atoms with van der Waals surface area (Å²) in [6.07, 6.45) is 2.48. The third kappa shape index (κ3) is 2.80. The Hall–Kier alpha value is -2.02. The molecule has 7 nitrogen and oxygen atoms in total. The molecule has 94 valence electrons. The van der Waals surface area contributed by atoms with Gasteiger partial charge in [-0.05, 0) is 6.92 Å². The number of aldehydes is 1. The quantitative estimate of drug-likeness (QED) is 0.644. The van der Waals surface area contributed by atoms with Gasteiger partial charge in [-0.1, -0.05) is 16.8 Å². The molecule has 0 aliphatic carbocycles. The summed E-state index contributed by atoms with van der Waals surface area (Å²) in [5.41, 5.74) is 0.243. The maximum atomic E-state index is 10.9. The number of aromatic nitrogens is 4. The number of nitrogens with one attached hydrogen (secondary N) is 1. The van der Waals surface area contributed by atoms with Crippen LogP contribution in [-0.4, -0.2) is 32.9 Å². The molecule has 0 spiro atoms. The van der Waals surface area contributed by atoms with Crippen LogP contribution in [0, 0.1) is 6.92 Å². The Labute approximate surface area is 108 Å². The van der Waals surface area contributed by atoms with Crippen molar-refractivity contribution in [3.8, 4) is 0 Å². The number of nitrogens with zero attached hydrogens (tertiary/aromatic N) is 4. The van der Waals surface area contributed by atoms with E-state index in [1.807, 2.05) is 0 Å². The number of carbonyl (C=O) groups excluding carboxylic acids is 1. The van der Waals surface area contributed by atoms with Crippen molar-refractivity contribution in [3.05, 3.63) is 28.8 Å². The molecule has 0 atom stereocenters. The molecule has 0 aliphatic rings. The molecule has 0 amide bonds. The van der Waals surface area contributed by atoms with E-state index >= 15 is 0 Å². The summed E-state index contributed by atoms with van der Waals surface area (Å²) in [5, 5.41) is 6.62. The van der Waals surface area contributed by atoms with E-state index < -0.39 is 0 Å². The van der Waals surface area contributed by atoms with Crippen LogP contribution in [0.3, 0.4) is 0 Å². The van der Waals surface area contributed by atoms with Gasteiger partial charge in [0.25, 0.3) is 0 Å². The smallest absolute Gasteiger partial charge is 0.228 e. The highest BCUT2D eigenvalue weighted by Gasteiger charge is 2.10. The van der Waals surface area contributed by atoms with Crippen molar-refractivity contribution in [1.29, 1.82) is 0 Å². The number of anilines is 1. The zero-order chi connectivity index (χ0) is 13.0. The predicted octanol–water partition coefficient (Wildman–Crippen LogP) is 1.29. The van der Waals surface area contributed by atoms with E-state index in [0.29, 0.717) is 36.8 Å². The van der Waals surface area contributed by atoms with Gasteiger partial charge in [0, 0.05) is 13.0 Å². The lowest BCUT2D eigenvalue weighted by atomic mass is 10.3. The molecule has 2 aromatic heterocycles. The van der Waals surface area contributed by atoms with Crippen molar-refractivity contribution >= 4 is 23.7 Å². The first kappa shape index (κ1) is 12.4. The van der Waals surface area contributed by atoms with Crippen LogP contribution in [-0.2, 0) is 6.42 Å². The molecule has 18 heavy (non-hydrogen) atoms. The topological polar surface area (TPSA) is 93.8 Å². The Morgan fingerprint density at radius 2 is 2.33 bits per heavy atom. The Bertz CT molecular complexity index is 543. The Morgan fingerprint density at radius 1 is 1.50 bits per heavy atom. The SMILES string of the molecule is Cc1nc(Cl)c(C=O)c(NCCc2ncno2)n1. The normalized spacial score (nSPS) is 10.3. The van der Waals surface area contributed by atoms with E-state index in [4.69, 9.17) is 16.1 Å². The van der Waals surface area contributed by atoms with Crippen LogP contribution < -0.4 is 5.32 Å². The Kier molecular flexibility index (Phi) is 3.83. The minimum absolute atomic E-state index is 0.137. The van der Waals surface area contributed by atoms with Crippen LogP contribution in [0.5, 0.6) is 0 Å². The number of rotatable bonds is 5. The minimum Gasteiger partial charge on any atom is -0.369 e. The van der Waals surface area contributed by atoms with E-state index in [1.54, 1.807) is 6.92 Å². The second-order valence-corrected chi connectivity index (χ2v) is 3.81. The first-order valence-corrected chi connectivity index (χ1v) is 5.57. The summed E-state index contributed by atoms with van der Waals surface area (Å²) < 4.78 is 4.85. The summed E-state index contributed by atoms with van der Waals surface area (Å²) >= 11 is 5.85. The zero-order valence-electron chi connectivity index (χ0n) is 9.55. The van der Waals surface area contributed by atoms with Crippen LogP contribution in [0.4, 0.5) is 5.82 Å². The van der Waals surface area contributed by atoms with Crippen molar-refractivity contribution in [3.63, 3.8) is 0 Å². The summed E-state index contributed by atoms with van der Waals surface area (Å²) in [6.45, 7) is 2.19. The van der Waals surface area contributed by atoms with Gasteiger partial charge < -0.3 is 9.84 Å². The van der Waals surface area contributed by atoms with Crippen LogP contribution in [0.25, 0.3) is 0 Å². The largest absolute Gasteiger partial charge is 0.369 e. The van der Waals surface area contributed by atoms with Crippen molar-refractivity contribution in [2.45, 2.75) is 13.3 Å². The third-order valence-electron chi connectivity index (χ3n) is 2.17. The molecule has 0 aliphatic heterocycles. The fraction of sp³-hybridized carbons (Fsp3) is 0.300. The first-order chi connectivity index (χ1) is 8.70. The van der Waals surface area contributed by atoms with Crippen molar-refractivity contribution in [2.75, 3.05) is 11.9 Å². The fourth-order valence-corrected chi connectivity index (χ4v) is 1.64. The molecule has 0 fully saturated rings. The number of hydrogen-bond donors (Lipinski definition) is 1. The lowest BCUT2D eigenvalue weighted by Gasteiger charge is -2.08. The highest BCUT2D eigenvalue weighted by molar-refractivity contribution is 6.32. The molecule has 0 saturated heterocycles. The maximum Gasteiger partial charge on any atom is 0.228 e. The fourth-order valence-electron chi connectivity index (χ4n) is 1.38. The molecule has 2 rings (SSSR count). The lowest BCUT2D eigenvalue weighted by molar-refractivity contribution is 0.112. The van der Waals surface area contributed by atoms with Crippen molar-refractivity contribution < 1.29 is 9.32 Å². The molecule has 0 unspecified atom stereocenters. The maximum absolute atomic E-state index is 10.9. The average molecular weight is 268 g/mol. The van der Waals surface area contributed by atoms with Gasteiger partial charge in [-0.15, -0.1) is 0 Å². The summed E-state index contributed by atoms with van der Waals surface area (Å²) in [4.78, 5) is 22.8. The van der Waals surface area contributed by atoms with Gasteiger partial charge in [-0.2, -0.15) is 4.98 Å². The molecule has 0 bridgehead atoms. The van der Waals surface area contributed by atoms with E-state index in [-0.39, 0.29) is 10.7 Å². The second-order valence-electron chi connectivity index (χ2n) is 3.45. The standard InChI is InChI=1S/C10H10ClN5O2/c1-6-15-9(11)7(4-17)10(16-6)12-3-2-8-13-5-14-18-8/h4-5H,2-3H2,1H3,(H,12,15,16). The highest BCUT2D eigenvalue weighted by atomic mass is 35.5. The zero-order valence-corrected chi connectivity index (χ0v) is 10.3. The van der Waals surface area contributed by atoms with Gasteiger partial charge in [0.1, 0.15) is 16.8 Å². The van der Waals surface area contributed by atoms with Gasteiger partial charge in [-0.25, -0.2) is 9.97 Å². The molecule has 0 saturated carbocycles. The van der Waals surface area contributed by atoms with Gasteiger partial charge in [0.15, 0.2) is 12.6 Å². The van der Waals surface area contributed by atoms with E-state index in [2.05, 4.69) is 25.4 Å². The highest BCUT2D eigenvalue weighted by Crippen LogP contribution is 2.18. The minimum atomic E-state index is 0.137. The summed E-state index contributed by atoms with van der Waals surface area (Å²) in [7, 11) is 0. The molecule has 2 heterocycles. The molecule has 0 aromatic carbocycles. The lowest BCUT2D eigenvalue weighted by Crippen LogP contribution is -2.10. The molecule has 0 radical (unpaired) electrons. The molecular weight excluding hydrogens is 258 g/mol. The molecule has 1 N–H and O–H groups in total. The summed E-state index contributed by atoms with van der Waals surface area (Å²) in [5.74, 6) is 1.40. The summed E-state index contributed by atoms with van der Waals surface area (Å²) in [6, 6.07) is 0. The van der Waals surface area contributed by atoms with E-state index in [0.717, 1.165) is 0 Å².